The Morgan fingerprint density at radius 1 is 1.13 bits per heavy atom. The minimum Gasteiger partial charge on any atom is -0.497 e. The molecule has 3 aromatic rings. The van der Waals surface area contributed by atoms with E-state index in [1.54, 1.807) is 19.4 Å². The summed E-state index contributed by atoms with van der Waals surface area (Å²) in [5.41, 5.74) is 3.39. The van der Waals surface area contributed by atoms with Crippen molar-refractivity contribution in [2.75, 3.05) is 7.11 Å². The summed E-state index contributed by atoms with van der Waals surface area (Å²) in [6.07, 6.45) is 1.75. The molecule has 0 aliphatic carbocycles. The summed E-state index contributed by atoms with van der Waals surface area (Å²) in [5.74, 6) is 1.05. The molecule has 0 amide bonds. The molecule has 4 nitrogen and oxygen atoms in total. The van der Waals surface area contributed by atoms with Crippen LogP contribution in [0.3, 0.4) is 0 Å². The number of fused-ring (bicyclic) bond motifs is 1. The molecule has 0 N–H and O–H groups in total. The third kappa shape index (κ3) is 3.06. The van der Waals surface area contributed by atoms with Gasteiger partial charge in [0.2, 0.25) is 0 Å². The molecule has 2 aromatic carbocycles. The largest absolute Gasteiger partial charge is 0.497 e. The van der Waals surface area contributed by atoms with E-state index in [2.05, 4.69) is 0 Å². The van der Waals surface area contributed by atoms with Gasteiger partial charge in [-0.25, -0.2) is 0 Å². The van der Waals surface area contributed by atoms with Crippen LogP contribution in [0.1, 0.15) is 16.7 Å². The number of benzene rings is 2. The van der Waals surface area contributed by atoms with Crippen molar-refractivity contribution in [1.82, 2.24) is 0 Å². The van der Waals surface area contributed by atoms with E-state index in [0.717, 1.165) is 27.8 Å². The molecule has 0 unspecified atom stereocenters. The molecule has 23 heavy (non-hydrogen) atoms. The number of methoxy groups -OCH3 is 1. The maximum Gasteiger partial charge on any atom is 0.315 e. The quantitative estimate of drug-likeness (QED) is 0.535. The molecule has 0 bridgehead atoms. The van der Waals surface area contributed by atoms with Gasteiger partial charge in [-0.1, -0.05) is 18.2 Å². The minimum absolute atomic E-state index is 0.160. The van der Waals surface area contributed by atoms with Crippen molar-refractivity contribution >= 4 is 16.9 Å². The third-order valence-electron chi connectivity index (χ3n) is 3.82. The van der Waals surface area contributed by atoms with Crippen molar-refractivity contribution in [3.05, 3.63) is 59.4 Å². The second-order valence-electron chi connectivity index (χ2n) is 5.49. The number of aryl methyl sites for hydroxylation is 2. The number of hydrogen-bond acceptors (Lipinski definition) is 4. The highest BCUT2D eigenvalue weighted by Crippen LogP contribution is 2.27. The van der Waals surface area contributed by atoms with Gasteiger partial charge in [0.05, 0.1) is 19.8 Å². The first-order valence-corrected chi connectivity index (χ1v) is 7.39. The van der Waals surface area contributed by atoms with E-state index in [9.17, 15) is 4.79 Å². The zero-order valence-corrected chi connectivity index (χ0v) is 13.4. The van der Waals surface area contributed by atoms with Gasteiger partial charge in [0.25, 0.3) is 0 Å². The van der Waals surface area contributed by atoms with E-state index < -0.39 is 0 Å². The van der Waals surface area contributed by atoms with E-state index in [4.69, 9.17) is 13.9 Å². The van der Waals surface area contributed by atoms with E-state index in [-0.39, 0.29) is 12.4 Å². The number of ether oxygens (including phenoxy) is 2. The number of rotatable bonds is 4. The molecular weight excluding hydrogens is 292 g/mol. The summed E-state index contributed by atoms with van der Waals surface area (Å²) < 4.78 is 16.2. The Bertz CT molecular complexity index is 841. The Kier molecular flexibility index (Phi) is 4.06. The second-order valence-corrected chi connectivity index (χ2v) is 5.49. The Balaban J connectivity index is 1.81. The van der Waals surface area contributed by atoms with Crippen molar-refractivity contribution < 1.29 is 18.7 Å². The van der Waals surface area contributed by atoms with Gasteiger partial charge in [0, 0.05) is 17.0 Å². The van der Waals surface area contributed by atoms with Crippen LogP contribution in [-0.2, 0) is 11.2 Å². The topological polar surface area (TPSA) is 48.7 Å². The first kappa shape index (κ1) is 15.2. The number of carbonyl (C=O) groups excluding carboxylic acids is 1. The maximum atomic E-state index is 12.3. The average molecular weight is 310 g/mol. The molecule has 0 saturated carbocycles. The van der Waals surface area contributed by atoms with Crippen LogP contribution in [0.25, 0.3) is 11.0 Å². The highest BCUT2D eigenvalue weighted by molar-refractivity contribution is 5.87. The molecule has 0 saturated heterocycles. The Labute approximate surface area is 134 Å². The second kappa shape index (κ2) is 6.16. The molecule has 0 spiro atoms. The predicted molar refractivity (Wildman–Crippen MR) is 88.0 cm³/mol. The predicted octanol–water partition coefficient (Wildman–Crippen LogP) is 4.21. The standard InChI is InChI=1S/C19H18O4/c1-12-5-4-6-13(2)19(12)23-18(20)9-14-11-22-17-10-15(21-3)7-8-16(14)17/h4-8,10-11H,9H2,1-3H3. The van der Waals surface area contributed by atoms with Gasteiger partial charge in [-0.05, 0) is 37.1 Å². The fourth-order valence-electron chi connectivity index (χ4n) is 2.59. The lowest BCUT2D eigenvalue weighted by Gasteiger charge is -2.09. The number of esters is 1. The molecule has 118 valence electrons. The van der Waals surface area contributed by atoms with E-state index >= 15 is 0 Å². The van der Waals surface area contributed by atoms with Gasteiger partial charge >= 0.3 is 5.97 Å². The van der Waals surface area contributed by atoms with Gasteiger partial charge in [0.1, 0.15) is 17.1 Å². The van der Waals surface area contributed by atoms with E-state index in [1.807, 2.05) is 44.2 Å². The van der Waals surface area contributed by atoms with Crippen LogP contribution in [0, 0.1) is 13.8 Å². The van der Waals surface area contributed by atoms with Crippen molar-refractivity contribution in [3.8, 4) is 11.5 Å². The molecule has 0 aliphatic heterocycles. The van der Waals surface area contributed by atoms with Crippen LogP contribution in [-0.4, -0.2) is 13.1 Å². The van der Waals surface area contributed by atoms with Gasteiger partial charge in [0.15, 0.2) is 0 Å². The molecule has 4 heteroatoms. The molecule has 1 heterocycles. The molecule has 0 fully saturated rings. The Hall–Kier alpha value is -2.75. The van der Waals surface area contributed by atoms with Crippen LogP contribution in [0.15, 0.2) is 47.1 Å². The number of furan rings is 1. The lowest BCUT2D eigenvalue weighted by Crippen LogP contribution is -2.12. The molecule has 0 atom stereocenters. The monoisotopic (exact) mass is 310 g/mol. The number of hydrogen-bond donors (Lipinski definition) is 0. The van der Waals surface area contributed by atoms with Crippen molar-refractivity contribution in [2.45, 2.75) is 20.3 Å². The van der Waals surface area contributed by atoms with Crippen LogP contribution in [0.4, 0.5) is 0 Å². The Morgan fingerprint density at radius 2 is 1.87 bits per heavy atom. The van der Waals surface area contributed by atoms with E-state index in [1.165, 1.54) is 0 Å². The summed E-state index contributed by atoms with van der Waals surface area (Å²) >= 11 is 0. The summed E-state index contributed by atoms with van der Waals surface area (Å²) in [5, 5.41) is 0.893. The summed E-state index contributed by atoms with van der Waals surface area (Å²) in [6, 6.07) is 11.3. The van der Waals surface area contributed by atoms with Crippen LogP contribution >= 0.6 is 0 Å². The number of carbonyl (C=O) groups is 1. The molecule has 3 rings (SSSR count). The molecular formula is C19H18O4. The zero-order chi connectivity index (χ0) is 16.4. The van der Waals surface area contributed by atoms with Gasteiger partial charge in [-0.15, -0.1) is 0 Å². The third-order valence-corrected chi connectivity index (χ3v) is 3.82. The maximum absolute atomic E-state index is 12.3. The van der Waals surface area contributed by atoms with Gasteiger partial charge in [-0.2, -0.15) is 0 Å². The van der Waals surface area contributed by atoms with Gasteiger partial charge < -0.3 is 13.9 Å². The van der Waals surface area contributed by atoms with Crippen molar-refractivity contribution in [1.29, 1.82) is 0 Å². The van der Waals surface area contributed by atoms with Crippen molar-refractivity contribution in [3.63, 3.8) is 0 Å². The lowest BCUT2D eigenvalue weighted by molar-refractivity contribution is -0.133. The first-order chi connectivity index (χ1) is 11.1. The van der Waals surface area contributed by atoms with Crippen LogP contribution < -0.4 is 9.47 Å². The van der Waals surface area contributed by atoms with Crippen molar-refractivity contribution in [2.24, 2.45) is 0 Å². The van der Waals surface area contributed by atoms with E-state index in [0.29, 0.717) is 11.3 Å². The SMILES string of the molecule is COc1ccc2c(CC(=O)Oc3c(C)cccc3C)coc2c1. The lowest BCUT2D eigenvalue weighted by atomic mass is 10.1. The first-order valence-electron chi connectivity index (χ1n) is 7.39. The number of para-hydroxylation sites is 1. The molecule has 1 aromatic heterocycles. The smallest absolute Gasteiger partial charge is 0.315 e. The molecule has 0 radical (unpaired) electrons. The zero-order valence-electron chi connectivity index (χ0n) is 13.4. The van der Waals surface area contributed by atoms with Gasteiger partial charge in [-0.3, -0.25) is 4.79 Å². The summed E-state index contributed by atoms with van der Waals surface area (Å²) in [7, 11) is 1.60. The molecule has 0 aliphatic rings. The fourth-order valence-corrected chi connectivity index (χ4v) is 2.59. The average Bonchev–Trinajstić information content (AvgIpc) is 2.93. The minimum atomic E-state index is -0.305. The van der Waals surface area contributed by atoms with Crippen LogP contribution in [0.2, 0.25) is 0 Å². The highest BCUT2D eigenvalue weighted by Gasteiger charge is 2.14. The van der Waals surface area contributed by atoms with Crippen LogP contribution in [0.5, 0.6) is 11.5 Å². The Morgan fingerprint density at radius 3 is 2.57 bits per heavy atom. The summed E-state index contributed by atoms with van der Waals surface area (Å²) in [6.45, 7) is 3.85. The fraction of sp³-hybridized carbons (Fsp3) is 0.211. The summed E-state index contributed by atoms with van der Waals surface area (Å²) in [4.78, 5) is 12.3. The normalized spacial score (nSPS) is 10.7. The highest BCUT2D eigenvalue weighted by atomic mass is 16.5.